The second-order valence-electron chi connectivity index (χ2n) is 11.0. The molecule has 6 nitrogen and oxygen atoms in total. The van der Waals surface area contributed by atoms with Gasteiger partial charge in [-0.05, 0) is 49.7 Å². The number of Topliss-reactive ketones (excluding diaryl/α,β-unsaturated/α-hetero) is 1. The van der Waals surface area contributed by atoms with Crippen molar-refractivity contribution in [2.24, 2.45) is 34.5 Å². The lowest BCUT2D eigenvalue weighted by Crippen LogP contribution is -2.65. The van der Waals surface area contributed by atoms with Crippen molar-refractivity contribution in [3.8, 4) is 0 Å². The number of aliphatic hydroxyl groups is 2. The van der Waals surface area contributed by atoms with Crippen molar-refractivity contribution in [3.05, 3.63) is 23.8 Å². The molecule has 9 atom stereocenters. The molecule has 0 heterocycles. The van der Waals surface area contributed by atoms with E-state index in [0.717, 1.165) is 5.57 Å². The van der Waals surface area contributed by atoms with Crippen molar-refractivity contribution >= 4 is 29.1 Å². The van der Waals surface area contributed by atoms with E-state index in [4.69, 9.17) is 16.3 Å². The SMILES string of the molecule is CCCC(=O)O[C@@]1(C(=O)CO)[C@H](C)C[C@H]2[C@H]3[C@H]([C@@H](O)C[C@@]21C)[C@@]1(C)C=CC(=O)C=C1C[C@H]3Cl. The Balaban J connectivity index is 1.82. The molecule has 3 saturated carbocycles. The monoisotopic (exact) mass is 478 g/mol. The highest BCUT2D eigenvalue weighted by atomic mass is 35.5. The zero-order valence-electron chi connectivity index (χ0n) is 19.8. The van der Waals surface area contributed by atoms with Gasteiger partial charge in [-0.3, -0.25) is 14.4 Å². The van der Waals surface area contributed by atoms with E-state index in [9.17, 15) is 24.6 Å². The number of aliphatic hydroxyl groups excluding tert-OH is 2. The Kier molecular flexibility index (Phi) is 6.20. The highest BCUT2D eigenvalue weighted by Crippen LogP contribution is 2.69. The number of carbonyl (C=O) groups is 3. The highest BCUT2D eigenvalue weighted by molar-refractivity contribution is 6.21. The van der Waals surface area contributed by atoms with Gasteiger partial charge in [0.1, 0.15) is 6.61 Å². The molecule has 0 radical (unpaired) electrons. The van der Waals surface area contributed by atoms with Gasteiger partial charge in [-0.25, -0.2) is 0 Å². The average molecular weight is 479 g/mol. The zero-order valence-corrected chi connectivity index (χ0v) is 20.6. The Morgan fingerprint density at radius 3 is 2.64 bits per heavy atom. The summed E-state index contributed by atoms with van der Waals surface area (Å²) in [6, 6.07) is 0. The van der Waals surface area contributed by atoms with Crippen molar-refractivity contribution < 1.29 is 29.3 Å². The topological polar surface area (TPSA) is 101 Å². The summed E-state index contributed by atoms with van der Waals surface area (Å²) in [6.45, 7) is 7.02. The van der Waals surface area contributed by atoms with Gasteiger partial charge in [-0.1, -0.05) is 39.3 Å². The molecule has 0 unspecified atom stereocenters. The molecular formula is C26H35ClO6. The van der Waals surface area contributed by atoms with Gasteiger partial charge < -0.3 is 14.9 Å². The van der Waals surface area contributed by atoms with Crippen LogP contribution in [0.25, 0.3) is 0 Å². The molecule has 0 aliphatic heterocycles. The smallest absolute Gasteiger partial charge is 0.306 e. The van der Waals surface area contributed by atoms with E-state index >= 15 is 0 Å². The summed E-state index contributed by atoms with van der Waals surface area (Å²) < 4.78 is 6.01. The Morgan fingerprint density at radius 1 is 1.30 bits per heavy atom. The maximum atomic E-state index is 13.3. The predicted molar refractivity (Wildman–Crippen MR) is 123 cm³/mol. The molecule has 4 aliphatic rings. The van der Waals surface area contributed by atoms with E-state index in [2.05, 4.69) is 6.92 Å². The summed E-state index contributed by atoms with van der Waals surface area (Å²) in [6.07, 6.45) is 6.47. The molecule has 0 amide bonds. The summed E-state index contributed by atoms with van der Waals surface area (Å²) in [7, 11) is 0. The molecule has 0 aromatic carbocycles. The molecular weight excluding hydrogens is 444 g/mol. The summed E-state index contributed by atoms with van der Waals surface area (Å²) >= 11 is 6.99. The second-order valence-corrected chi connectivity index (χ2v) is 11.5. The summed E-state index contributed by atoms with van der Waals surface area (Å²) in [5.41, 5.74) is -1.93. The number of halogens is 1. The number of alkyl halides is 1. The van der Waals surface area contributed by atoms with Crippen LogP contribution in [0, 0.1) is 34.5 Å². The Labute approximate surface area is 200 Å². The first-order chi connectivity index (χ1) is 15.5. The fourth-order valence-corrected chi connectivity index (χ4v) is 8.48. The third-order valence-electron chi connectivity index (χ3n) is 9.31. The van der Waals surface area contributed by atoms with Crippen LogP contribution in [0.5, 0.6) is 0 Å². The van der Waals surface area contributed by atoms with Crippen molar-refractivity contribution in [2.45, 2.75) is 76.9 Å². The first kappa shape index (κ1) is 24.6. The van der Waals surface area contributed by atoms with Gasteiger partial charge in [-0.15, -0.1) is 11.6 Å². The third-order valence-corrected chi connectivity index (χ3v) is 9.75. The first-order valence-corrected chi connectivity index (χ1v) is 12.5. The number of hydrogen-bond donors (Lipinski definition) is 2. The number of ketones is 2. The highest BCUT2D eigenvalue weighted by Gasteiger charge is 2.73. The molecule has 4 rings (SSSR count). The summed E-state index contributed by atoms with van der Waals surface area (Å²) in [5, 5.41) is 21.2. The van der Waals surface area contributed by atoms with Crippen molar-refractivity contribution in [1.29, 1.82) is 0 Å². The molecule has 7 heteroatoms. The van der Waals surface area contributed by atoms with Crippen LogP contribution in [0.4, 0.5) is 0 Å². The van der Waals surface area contributed by atoms with Gasteiger partial charge in [0, 0.05) is 34.5 Å². The molecule has 4 aliphatic carbocycles. The molecule has 33 heavy (non-hydrogen) atoms. The number of esters is 1. The lowest BCUT2D eigenvalue weighted by atomic mass is 9.46. The molecule has 0 bridgehead atoms. The van der Waals surface area contributed by atoms with Crippen LogP contribution in [0.1, 0.15) is 59.8 Å². The minimum Gasteiger partial charge on any atom is -0.450 e. The van der Waals surface area contributed by atoms with Crippen LogP contribution < -0.4 is 0 Å². The quantitative estimate of drug-likeness (QED) is 0.464. The fraction of sp³-hybridized carbons (Fsp3) is 0.731. The van der Waals surface area contributed by atoms with Crippen LogP contribution in [-0.2, 0) is 19.1 Å². The van der Waals surface area contributed by atoms with Gasteiger partial charge in [0.25, 0.3) is 0 Å². The number of fused-ring (bicyclic) bond motifs is 5. The van der Waals surface area contributed by atoms with Gasteiger partial charge >= 0.3 is 5.97 Å². The number of ether oxygens (including phenoxy) is 1. The molecule has 0 aromatic rings. The average Bonchev–Trinajstić information content (AvgIpc) is 2.96. The van der Waals surface area contributed by atoms with Crippen LogP contribution in [-0.4, -0.2) is 51.4 Å². The standard InChI is InChI=1S/C26H35ClO6/c1-5-6-21(32)33-26(20(31)13-28)14(2)9-17-22-18(27)11-15-10-16(29)7-8-24(15,3)23(22)19(30)12-25(17,26)4/h7-8,10,14,17-19,22-23,28,30H,5-6,9,11-13H2,1-4H3/t14-,17+,18-,19+,22-,23+,24+,25+,26-/m1/s1. The third kappa shape index (κ3) is 3.31. The number of hydrogen-bond acceptors (Lipinski definition) is 6. The maximum absolute atomic E-state index is 13.3. The van der Waals surface area contributed by atoms with Gasteiger partial charge in [-0.2, -0.15) is 0 Å². The minimum atomic E-state index is -1.50. The fourth-order valence-electron chi connectivity index (χ4n) is 7.98. The number of rotatable bonds is 5. The van der Waals surface area contributed by atoms with E-state index in [-0.39, 0.29) is 47.7 Å². The second kappa shape index (κ2) is 8.31. The van der Waals surface area contributed by atoms with E-state index in [1.807, 2.05) is 26.8 Å². The molecule has 0 saturated heterocycles. The van der Waals surface area contributed by atoms with E-state index < -0.39 is 40.9 Å². The number of allylic oxidation sites excluding steroid dienone is 4. The van der Waals surface area contributed by atoms with Crippen molar-refractivity contribution in [2.75, 3.05) is 6.61 Å². The Hall–Kier alpha value is -1.50. The zero-order chi connectivity index (χ0) is 24.3. The summed E-state index contributed by atoms with van der Waals surface area (Å²) in [4.78, 5) is 38.1. The van der Waals surface area contributed by atoms with Crippen LogP contribution in [0.15, 0.2) is 23.8 Å². The van der Waals surface area contributed by atoms with Gasteiger partial charge in [0.15, 0.2) is 11.4 Å². The van der Waals surface area contributed by atoms with Crippen molar-refractivity contribution in [1.82, 2.24) is 0 Å². The predicted octanol–water partition coefficient (Wildman–Crippen LogP) is 3.37. The van der Waals surface area contributed by atoms with E-state index in [1.54, 1.807) is 12.2 Å². The van der Waals surface area contributed by atoms with Gasteiger partial charge in [0.2, 0.25) is 5.78 Å². The molecule has 3 fully saturated rings. The van der Waals surface area contributed by atoms with Crippen LogP contribution in [0.3, 0.4) is 0 Å². The molecule has 0 aromatic heterocycles. The Morgan fingerprint density at radius 2 is 2.00 bits per heavy atom. The lowest BCUT2D eigenvalue weighted by molar-refractivity contribution is -0.205. The van der Waals surface area contributed by atoms with Crippen molar-refractivity contribution in [3.63, 3.8) is 0 Å². The van der Waals surface area contributed by atoms with Crippen LogP contribution in [0.2, 0.25) is 0 Å². The van der Waals surface area contributed by atoms with E-state index in [1.165, 1.54) is 0 Å². The first-order valence-electron chi connectivity index (χ1n) is 12.1. The molecule has 0 spiro atoms. The molecule has 182 valence electrons. The van der Waals surface area contributed by atoms with Crippen LogP contribution >= 0.6 is 11.6 Å². The lowest BCUT2D eigenvalue weighted by Gasteiger charge is -2.61. The minimum absolute atomic E-state index is 0.0650. The molecule has 2 N–H and O–H groups in total. The van der Waals surface area contributed by atoms with Gasteiger partial charge in [0.05, 0.1) is 6.10 Å². The normalized spacial score (nSPS) is 46.2. The maximum Gasteiger partial charge on any atom is 0.306 e. The van der Waals surface area contributed by atoms with E-state index in [0.29, 0.717) is 19.3 Å². The Bertz CT molecular complexity index is 926. The number of carbonyl (C=O) groups excluding carboxylic acids is 3. The largest absolute Gasteiger partial charge is 0.450 e. The summed E-state index contributed by atoms with van der Waals surface area (Å²) in [5.74, 6) is -1.80.